The number of hydrogen-bond acceptors (Lipinski definition) is 3. The first-order valence-corrected chi connectivity index (χ1v) is 8.77. The topological polar surface area (TPSA) is 26.8 Å². The Balaban J connectivity index is 1.53. The van der Waals surface area contributed by atoms with E-state index in [1.165, 1.54) is 5.56 Å². The lowest BCUT2D eigenvalue weighted by molar-refractivity contribution is -0.110. The number of hydrogen-bond donors (Lipinski definition) is 0. The van der Waals surface area contributed by atoms with Crippen LogP contribution in [0.5, 0.6) is 0 Å². The lowest BCUT2D eigenvalue weighted by Crippen LogP contribution is -2.53. The number of carbonyl (C=O) groups excluding carboxylic acids is 1. The first kappa shape index (κ1) is 17.4. The maximum atomic E-state index is 11.6. The SMILES string of the molecule is Cc1ccccc1N(C=O)N1CCN(CC=Cc2ccccc2)CC1. The molecule has 1 aliphatic heterocycles. The molecular weight excluding hydrogens is 310 g/mol. The number of amides is 1. The molecule has 1 heterocycles. The molecule has 4 heteroatoms. The van der Waals surface area contributed by atoms with Gasteiger partial charge in [-0.15, -0.1) is 0 Å². The Bertz CT molecular complexity index is 706. The number of anilines is 1. The van der Waals surface area contributed by atoms with E-state index in [9.17, 15) is 4.79 Å². The highest BCUT2D eigenvalue weighted by molar-refractivity contribution is 5.75. The number of aryl methyl sites for hydroxylation is 1. The summed E-state index contributed by atoms with van der Waals surface area (Å²) in [5.41, 5.74) is 3.31. The number of hydrazine groups is 1. The molecule has 0 unspecified atom stereocenters. The van der Waals surface area contributed by atoms with E-state index in [2.05, 4.69) is 46.3 Å². The molecule has 1 aliphatic rings. The van der Waals surface area contributed by atoms with Crippen LogP contribution < -0.4 is 5.01 Å². The maximum absolute atomic E-state index is 11.6. The van der Waals surface area contributed by atoms with Crippen molar-refractivity contribution in [2.45, 2.75) is 6.92 Å². The zero-order chi connectivity index (χ0) is 17.5. The predicted molar refractivity (Wildman–Crippen MR) is 103 cm³/mol. The Morgan fingerprint density at radius 3 is 2.32 bits per heavy atom. The van der Waals surface area contributed by atoms with Crippen LogP contribution in [0.15, 0.2) is 60.7 Å². The number of rotatable bonds is 6. The normalized spacial score (nSPS) is 16.2. The monoisotopic (exact) mass is 335 g/mol. The van der Waals surface area contributed by atoms with Gasteiger partial charge in [-0.05, 0) is 24.1 Å². The standard InChI is InChI=1S/C21H25N3O/c1-19-8-5-6-12-21(19)24(18-25)23-16-14-22(15-17-23)13-7-11-20-9-3-2-4-10-20/h2-12,18H,13-17H2,1H3. The van der Waals surface area contributed by atoms with Gasteiger partial charge in [-0.1, -0.05) is 60.7 Å². The van der Waals surface area contributed by atoms with Crippen LogP contribution in [0.1, 0.15) is 11.1 Å². The minimum absolute atomic E-state index is 0.853. The Morgan fingerprint density at radius 1 is 0.960 bits per heavy atom. The van der Waals surface area contributed by atoms with Crippen LogP contribution in [-0.2, 0) is 4.79 Å². The van der Waals surface area contributed by atoms with Gasteiger partial charge in [-0.2, -0.15) is 0 Å². The van der Waals surface area contributed by atoms with Crippen LogP contribution in [0.25, 0.3) is 6.08 Å². The maximum Gasteiger partial charge on any atom is 0.228 e. The van der Waals surface area contributed by atoms with E-state index in [0.717, 1.165) is 50.4 Å². The molecule has 2 aromatic rings. The Kier molecular flexibility index (Phi) is 5.99. The average Bonchev–Trinajstić information content (AvgIpc) is 2.66. The second-order valence-corrected chi connectivity index (χ2v) is 6.30. The summed E-state index contributed by atoms with van der Waals surface area (Å²) in [6.45, 7) is 6.59. The lowest BCUT2D eigenvalue weighted by atomic mass is 10.2. The van der Waals surface area contributed by atoms with Crippen molar-refractivity contribution in [1.82, 2.24) is 9.91 Å². The fraction of sp³-hybridized carbons (Fsp3) is 0.286. The second-order valence-electron chi connectivity index (χ2n) is 6.30. The second kappa shape index (κ2) is 8.60. The van der Waals surface area contributed by atoms with Gasteiger partial charge in [-0.25, -0.2) is 10.0 Å². The molecule has 130 valence electrons. The van der Waals surface area contributed by atoms with Crippen molar-refractivity contribution < 1.29 is 4.79 Å². The molecule has 0 aliphatic carbocycles. The predicted octanol–water partition coefficient (Wildman–Crippen LogP) is 3.20. The van der Waals surface area contributed by atoms with Crippen molar-refractivity contribution in [1.29, 1.82) is 0 Å². The lowest BCUT2D eigenvalue weighted by Gasteiger charge is -2.39. The molecule has 0 aromatic heterocycles. The summed E-state index contributed by atoms with van der Waals surface area (Å²) < 4.78 is 0. The van der Waals surface area contributed by atoms with Gasteiger partial charge in [0.05, 0.1) is 5.69 Å². The molecule has 3 rings (SSSR count). The van der Waals surface area contributed by atoms with Crippen LogP contribution >= 0.6 is 0 Å². The molecule has 0 bridgehead atoms. The first-order chi connectivity index (χ1) is 12.3. The van der Waals surface area contributed by atoms with E-state index in [1.807, 2.05) is 37.3 Å². The van der Waals surface area contributed by atoms with Gasteiger partial charge < -0.3 is 0 Å². The summed E-state index contributed by atoms with van der Waals surface area (Å²) in [7, 11) is 0. The third-order valence-corrected chi connectivity index (χ3v) is 4.59. The summed E-state index contributed by atoms with van der Waals surface area (Å²) in [6.07, 6.45) is 5.30. The van der Waals surface area contributed by atoms with Gasteiger partial charge in [0, 0.05) is 32.7 Å². The smallest absolute Gasteiger partial charge is 0.228 e. The van der Waals surface area contributed by atoms with E-state index in [0.29, 0.717) is 0 Å². The van der Waals surface area contributed by atoms with Crippen molar-refractivity contribution in [2.24, 2.45) is 0 Å². The van der Waals surface area contributed by atoms with Crippen molar-refractivity contribution in [2.75, 3.05) is 37.7 Å². The van der Waals surface area contributed by atoms with Crippen molar-refractivity contribution in [3.63, 3.8) is 0 Å². The van der Waals surface area contributed by atoms with E-state index < -0.39 is 0 Å². The Hall–Kier alpha value is -2.43. The summed E-state index contributed by atoms with van der Waals surface area (Å²) in [4.78, 5) is 14.0. The number of piperazine rings is 1. The van der Waals surface area contributed by atoms with E-state index >= 15 is 0 Å². The molecule has 0 spiro atoms. The molecule has 0 N–H and O–H groups in total. The van der Waals surface area contributed by atoms with Gasteiger partial charge in [-0.3, -0.25) is 9.69 Å². The third kappa shape index (κ3) is 4.56. The summed E-state index contributed by atoms with van der Waals surface area (Å²) in [5, 5.41) is 3.89. The fourth-order valence-corrected chi connectivity index (χ4v) is 3.13. The molecule has 0 atom stereocenters. The zero-order valence-corrected chi connectivity index (χ0v) is 14.7. The summed E-state index contributed by atoms with van der Waals surface area (Å²) in [6, 6.07) is 18.4. The quantitative estimate of drug-likeness (QED) is 0.759. The average molecular weight is 335 g/mol. The third-order valence-electron chi connectivity index (χ3n) is 4.59. The van der Waals surface area contributed by atoms with Gasteiger partial charge in [0.2, 0.25) is 6.41 Å². The molecule has 1 fully saturated rings. The first-order valence-electron chi connectivity index (χ1n) is 8.77. The number of benzene rings is 2. The molecule has 4 nitrogen and oxygen atoms in total. The van der Waals surface area contributed by atoms with Gasteiger partial charge >= 0.3 is 0 Å². The van der Waals surface area contributed by atoms with Crippen LogP contribution in [0.3, 0.4) is 0 Å². The van der Waals surface area contributed by atoms with E-state index in [4.69, 9.17) is 0 Å². The van der Waals surface area contributed by atoms with Gasteiger partial charge in [0.25, 0.3) is 0 Å². The molecule has 1 amide bonds. The summed E-state index contributed by atoms with van der Waals surface area (Å²) >= 11 is 0. The highest BCUT2D eigenvalue weighted by Crippen LogP contribution is 2.20. The molecular formula is C21H25N3O. The molecule has 0 saturated carbocycles. The minimum atomic E-state index is 0.853. The highest BCUT2D eigenvalue weighted by atomic mass is 16.1. The van der Waals surface area contributed by atoms with Crippen molar-refractivity contribution in [3.8, 4) is 0 Å². The van der Waals surface area contributed by atoms with Crippen LogP contribution in [0, 0.1) is 6.92 Å². The Morgan fingerprint density at radius 2 is 1.64 bits per heavy atom. The molecule has 1 saturated heterocycles. The number of carbonyl (C=O) groups is 1. The van der Waals surface area contributed by atoms with Crippen LogP contribution in [0.2, 0.25) is 0 Å². The number of para-hydroxylation sites is 1. The minimum Gasteiger partial charge on any atom is -0.297 e. The molecule has 2 aromatic carbocycles. The fourth-order valence-electron chi connectivity index (χ4n) is 3.13. The van der Waals surface area contributed by atoms with E-state index in [-0.39, 0.29) is 0 Å². The zero-order valence-electron chi connectivity index (χ0n) is 14.7. The van der Waals surface area contributed by atoms with Crippen molar-refractivity contribution in [3.05, 3.63) is 71.8 Å². The Labute approximate surface area is 149 Å². The van der Waals surface area contributed by atoms with E-state index in [1.54, 1.807) is 5.01 Å². The van der Waals surface area contributed by atoms with Gasteiger partial charge in [0.1, 0.15) is 0 Å². The number of nitrogens with zero attached hydrogens (tertiary/aromatic N) is 3. The van der Waals surface area contributed by atoms with Gasteiger partial charge in [0.15, 0.2) is 0 Å². The summed E-state index contributed by atoms with van der Waals surface area (Å²) in [5.74, 6) is 0. The highest BCUT2D eigenvalue weighted by Gasteiger charge is 2.22. The van der Waals surface area contributed by atoms with Crippen LogP contribution in [-0.4, -0.2) is 49.0 Å². The van der Waals surface area contributed by atoms with Crippen molar-refractivity contribution >= 4 is 18.2 Å². The molecule has 0 radical (unpaired) electrons. The van der Waals surface area contributed by atoms with Crippen LogP contribution in [0.4, 0.5) is 5.69 Å². The largest absolute Gasteiger partial charge is 0.297 e. The molecule has 25 heavy (non-hydrogen) atoms.